The maximum absolute atomic E-state index is 11.9. The molecule has 3 aromatic rings. The van der Waals surface area contributed by atoms with Gasteiger partial charge in [0.1, 0.15) is 10.7 Å². The highest BCUT2D eigenvalue weighted by Crippen LogP contribution is 2.17. The van der Waals surface area contributed by atoms with Gasteiger partial charge in [0.15, 0.2) is 0 Å². The van der Waals surface area contributed by atoms with Crippen LogP contribution in [0.25, 0.3) is 4.96 Å². The molecule has 0 atom stereocenters. The van der Waals surface area contributed by atoms with Gasteiger partial charge in [-0.1, -0.05) is 29.5 Å². The van der Waals surface area contributed by atoms with Crippen LogP contribution in [0.15, 0.2) is 23.0 Å². The topological polar surface area (TPSA) is 60.2 Å². The van der Waals surface area contributed by atoms with Gasteiger partial charge in [0.05, 0.1) is 0 Å². The third kappa shape index (κ3) is 2.22. The molecule has 6 heteroatoms. The Morgan fingerprint density at radius 1 is 1.15 bits per heavy atom. The summed E-state index contributed by atoms with van der Waals surface area (Å²) in [5, 5.41) is 13.1. The largest absolute Gasteiger partial charge is 0.296 e. The molecule has 0 fully saturated rings. The van der Waals surface area contributed by atoms with Crippen LogP contribution in [0.4, 0.5) is 0 Å². The predicted octanol–water partition coefficient (Wildman–Crippen LogP) is 2.06. The zero-order chi connectivity index (χ0) is 14.3. The van der Waals surface area contributed by atoms with E-state index in [1.54, 1.807) is 6.92 Å². The van der Waals surface area contributed by atoms with Gasteiger partial charge in [-0.3, -0.25) is 4.79 Å². The van der Waals surface area contributed by atoms with Crippen molar-refractivity contribution in [2.75, 3.05) is 0 Å². The molecule has 5 nitrogen and oxygen atoms in total. The van der Waals surface area contributed by atoms with Gasteiger partial charge < -0.3 is 0 Å². The molecule has 102 valence electrons. The fourth-order valence-corrected chi connectivity index (χ4v) is 2.86. The van der Waals surface area contributed by atoms with Crippen molar-refractivity contribution >= 4 is 16.3 Å². The van der Waals surface area contributed by atoms with Crippen molar-refractivity contribution in [3.8, 4) is 0 Å². The molecular weight excluding hydrogens is 272 g/mol. The van der Waals surface area contributed by atoms with Gasteiger partial charge in [0, 0.05) is 6.42 Å². The summed E-state index contributed by atoms with van der Waals surface area (Å²) < 4.78 is 1.34. The third-order valence-corrected chi connectivity index (χ3v) is 4.21. The molecular formula is C14H14N4OS. The van der Waals surface area contributed by atoms with Crippen molar-refractivity contribution in [1.82, 2.24) is 19.8 Å². The van der Waals surface area contributed by atoms with Crippen molar-refractivity contribution in [3.05, 3.63) is 55.9 Å². The number of benzene rings is 1. The van der Waals surface area contributed by atoms with E-state index in [0.717, 1.165) is 5.01 Å². The van der Waals surface area contributed by atoms with Crippen LogP contribution >= 0.6 is 11.3 Å². The second-order valence-corrected chi connectivity index (χ2v) is 5.92. The molecule has 0 saturated heterocycles. The lowest BCUT2D eigenvalue weighted by atomic mass is 10.0. The normalized spacial score (nSPS) is 11.2. The Kier molecular flexibility index (Phi) is 3.10. The summed E-state index contributed by atoms with van der Waals surface area (Å²) >= 11 is 1.40. The Hall–Kier alpha value is -2.08. The quantitative estimate of drug-likeness (QED) is 0.723. The highest BCUT2D eigenvalue weighted by atomic mass is 32.1. The minimum Gasteiger partial charge on any atom is -0.265 e. The Morgan fingerprint density at radius 3 is 2.70 bits per heavy atom. The lowest BCUT2D eigenvalue weighted by molar-refractivity contribution is 0.810. The van der Waals surface area contributed by atoms with Gasteiger partial charge in [0.2, 0.25) is 4.96 Å². The summed E-state index contributed by atoms with van der Waals surface area (Å²) in [5.74, 6) is 0. The van der Waals surface area contributed by atoms with Gasteiger partial charge >= 0.3 is 0 Å². The second-order valence-electron chi connectivity index (χ2n) is 4.88. The van der Waals surface area contributed by atoms with Gasteiger partial charge in [-0.05, 0) is 37.5 Å². The maximum Gasteiger partial charge on any atom is 0.296 e. The van der Waals surface area contributed by atoms with Crippen LogP contribution in [0.2, 0.25) is 0 Å². The molecule has 0 amide bonds. The minimum absolute atomic E-state index is 0.197. The van der Waals surface area contributed by atoms with Crippen LogP contribution in [-0.2, 0) is 6.42 Å². The fraction of sp³-hybridized carbons (Fsp3) is 0.286. The highest BCUT2D eigenvalue weighted by Gasteiger charge is 2.10. The lowest BCUT2D eigenvalue weighted by Gasteiger charge is -2.02. The van der Waals surface area contributed by atoms with E-state index in [1.807, 2.05) is 0 Å². The third-order valence-electron chi connectivity index (χ3n) is 3.32. The zero-order valence-electron chi connectivity index (χ0n) is 11.5. The highest BCUT2D eigenvalue weighted by molar-refractivity contribution is 7.16. The lowest BCUT2D eigenvalue weighted by Crippen LogP contribution is -2.19. The first-order valence-electron chi connectivity index (χ1n) is 6.33. The molecule has 3 rings (SSSR count). The van der Waals surface area contributed by atoms with Gasteiger partial charge in [-0.2, -0.15) is 9.61 Å². The Balaban J connectivity index is 2.01. The summed E-state index contributed by atoms with van der Waals surface area (Å²) in [6, 6.07) is 6.35. The van der Waals surface area contributed by atoms with Crippen LogP contribution in [0.1, 0.15) is 27.4 Å². The molecule has 0 radical (unpaired) electrons. The number of rotatable bonds is 2. The molecule has 2 heterocycles. The molecule has 0 aliphatic heterocycles. The Morgan fingerprint density at radius 2 is 1.95 bits per heavy atom. The first kappa shape index (κ1) is 12.9. The van der Waals surface area contributed by atoms with E-state index in [4.69, 9.17) is 0 Å². The standard InChI is InChI=1S/C14H14N4OS/c1-8-4-5-11(6-9(8)2)7-12-17-18-13(19)10(3)15-16-14(18)20-12/h4-6H,7H2,1-3H3. The number of fused-ring (bicyclic) bond motifs is 1. The Bertz CT molecular complexity index is 850. The smallest absolute Gasteiger partial charge is 0.265 e. The molecule has 0 aliphatic carbocycles. The average molecular weight is 286 g/mol. The number of aromatic nitrogens is 4. The van der Waals surface area contributed by atoms with Crippen molar-refractivity contribution in [2.24, 2.45) is 0 Å². The Labute approximate surface area is 119 Å². The first-order valence-corrected chi connectivity index (χ1v) is 7.14. The van der Waals surface area contributed by atoms with Crippen LogP contribution in [0.3, 0.4) is 0 Å². The monoisotopic (exact) mass is 286 g/mol. The predicted molar refractivity (Wildman–Crippen MR) is 78.4 cm³/mol. The molecule has 2 aromatic heterocycles. The van der Waals surface area contributed by atoms with Crippen LogP contribution in [0.5, 0.6) is 0 Å². The molecule has 0 saturated carbocycles. The van der Waals surface area contributed by atoms with Crippen molar-refractivity contribution < 1.29 is 0 Å². The van der Waals surface area contributed by atoms with E-state index in [-0.39, 0.29) is 5.56 Å². The summed E-state index contributed by atoms with van der Waals surface area (Å²) in [4.78, 5) is 12.4. The molecule has 0 unspecified atom stereocenters. The second kappa shape index (κ2) is 4.79. The summed E-state index contributed by atoms with van der Waals surface area (Å²) in [6.07, 6.45) is 0.702. The summed E-state index contributed by atoms with van der Waals surface area (Å²) in [6.45, 7) is 5.83. The van der Waals surface area contributed by atoms with Gasteiger partial charge in [-0.15, -0.1) is 10.2 Å². The van der Waals surface area contributed by atoms with E-state index in [9.17, 15) is 4.79 Å². The zero-order valence-corrected chi connectivity index (χ0v) is 12.4. The van der Waals surface area contributed by atoms with Gasteiger partial charge in [0.25, 0.3) is 5.56 Å². The molecule has 0 bridgehead atoms. The average Bonchev–Trinajstić information content (AvgIpc) is 2.82. The van der Waals surface area contributed by atoms with E-state index in [2.05, 4.69) is 47.3 Å². The molecule has 0 spiro atoms. The number of hydrogen-bond donors (Lipinski definition) is 0. The molecule has 20 heavy (non-hydrogen) atoms. The van der Waals surface area contributed by atoms with E-state index in [0.29, 0.717) is 17.1 Å². The number of aryl methyl sites for hydroxylation is 3. The SMILES string of the molecule is Cc1ccc(Cc2nn3c(=O)c(C)nnc3s2)cc1C. The molecule has 0 N–H and O–H groups in total. The maximum atomic E-state index is 11.9. The van der Waals surface area contributed by atoms with Crippen LogP contribution in [0, 0.1) is 20.8 Å². The van der Waals surface area contributed by atoms with Gasteiger partial charge in [-0.25, -0.2) is 0 Å². The van der Waals surface area contributed by atoms with Crippen molar-refractivity contribution in [2.45, 2.75) is 27.2 Å². The minimum atomic E-state index is -0.197. The molecule has 0 aliphatic rings. The van der Waals surface area contributed by atoms with E-state index < -0.39 is 0 Å². The van der Waals surface area contributed by atoms with E-state index >= 15 is 0 Å². The first-order chi connectivity index (χ1) is 9.54. The summed E-state index contributed by atoms with van der Waals surface area (Å²) in [7, 11) is 0. The molecule has 1 aromatic carbocycles. The number of hydrogen-bond acceptors (Lipinski definition) is 5. The van der Waals surface area contributed by atoms with Crippen LogP contribution in [-0.4, -0.2) is 19.8 Å². The van der Waals surface area contributed by atoms with Crippen molar-refractivity contribution in [1.29, 1.82) is 0 Å². The summed E-state index contributed by atoms with van der Waals surface area (Å²) in [5.41, 5.74) is 3.89. The fourth-order valence-electron chi connectivity index (χ4n) is 1.99. The van der Waals surface area contributed by atoms with Crippen LogP contribution < -0.4 is 5.56 Å². The van der Waals surface area contributed by atoms with E-state index in [1.165, 1.54) is 32.5 Å². The van der Waals surface area contributed by atoms with Crippen molar-refractivity contribution in [3.63, 3.8) is 0 Å². The number of nitrogens with zero attached hydrogens (tertiary/aromatic N) is 4.